The molecule has 4 nitrogen and oxygen atoms in total. The molecule has 2 atom stereocenters. The van der Waals surface area contributed by atoms with Crippen LogP contribution in [0.25, 0.3) is 0 Å². The Morgan fingerprint density at radius 3 is 2.19 bits per heavy atom. The van der Waals surface area contributed by atoms with Gasteiger partial charge in [0.05, 0.1) is 0 Å². The zero-order valence-electron chi connectivity index (χ0n) is 9.68. The van der Waals surface area contributed by atoms with Crippen molar-refractivity contribution in [3.05, 3.63) is 12.2 Å². The summed E-state index contributed by atoms with van der Waals surface area (Å²) in [5.41, 5.74) is 0. The summed E-state index contributed by atoms with van der Waals surface area (Å²) in [4.78, 5) is 21.5. The molecule has 0 aromatic heterocycles. The molecule has 0 saturated heterocycles. The highest BCUT2D eigenvalue weighted by Crippen LogP contribution is 2.30. The second kappa shape index (κ2) is 5.68. The molecule has 4 heteroatoms. The highest BCUT2D eigenvalue weighted by Gasteiger charge is 2.25. The average Bonchev–Trinajstić information content (AvgIpc) is 2.12. The van der Waals surface area contributed by atoms with Gasteiger partial charge in [0.25, 0.3) is 0 Å². The molecule has 1 saturated carbocycles. The molecule has 1 rings (SSSR count). The van der Waals surface area contributed by atoms with E-state index in [9.17, 15) is 9.59 Å². The molecule has 0 bridgehead atoms. The number of hydrogen-bond acceptors (Lipinski definition) is 3. The van der Waals surface area contributed by atoms with Crippen LogP contribution in [-0.2, 0) is 14.3 Å². The molecule has 1 N–H and O–H groups in total. The van der Waals surface area contributed by atoms with Crippen LogP contribution in [0.2, 0.25) is 0 Å². The van der Waals surface area contributed by atoms with Crippen molar-refractivity contribution in [3.63, 3.8) is 0 Å². The van der Waals surface area contributed by atoms with Crippen molar-refractivity contribution in [2.75, 3.05) is 0 Å². The van der Waals surface area contributed by atoms with Gasteiger partial charge in [-0.1, -0.05) is 13.8 Å². The van der Waals surface area contributed by atoms with Gasteiger partial charge in [-0.25, -0.2) is 9.59 Å². The fraction of sp³-hybridized carbons (Fsp3) is 0.667. The van der Waals surface area contributed by atoms with Gasteiger partial charge in [0.2, 0.25) is 0 Å². The molecule has 1 fully saturated rings. The Labute approximate surface area is 95.3 Å². The predicted molar refractivity (Wildman–Crippen MR) is 58.8 cm³/mol. The Balaban J connectivity index is 2.41. The first kappa shape index (κ1) is 12.7. The van der Waals surface area contributed by atoms with Crippen LogP contribution in [0.1, 0.15) is 33.1 Å². The summed E-state index contributed by atoms with van der Waals surface area (Å²) < 4.78 is 5.19. The molecule has 0 amide bonds. The lowest BCUT2D eigenvalue weighted by Crippen LogP contribution is -2.27. The van der Waals surface area contributed by atoms with Crippen LogP contribution in [0.4, 0.5) is 0 Å². The van der Waals surface area contributed by atoms with Crippen molar-refractivity contribution in [1.82, 2.24) is 0 Å². The lowest BCUT2D eigenvalue weighted by molar-refractivity contribution is -0.146. The summed E-state index contributed by atoms with van der Waals surface area (Å²) in [6.07, 6.45) is 4.61. The topological polar surface area (TPSA) is 63.6 Å². The number of carboxylic acid groups (broad SMARTS) is 1. The summed E-state index contributed by atoms with van der Waals surface area (Å²) in [6.45, 7) is 4.28. The van der Waals surface area contributed by atoms with Crippen LogP contribution in [0.5, 0.6) is 0 Å². The highest BCUT2D eigenvalue weighted by molar-refractivity contribution is 5.90. The second-order valence-electron chi connectivity index (χ2n) is 4.65. The summed E-state index contributed by atoms with van der Waals surface area (Å²) in [5.74, 6) is -0.578. The normalized spacial score (nSPS) is 30.2. The van der Waals surface area contributed by atoms with Crippen LogP contribution in [0.3, 0.4) is 0 Å². The Hall–Kier alpha value is -1.32. The number of aliphatic carboxylic acids is 1. The molecule has 0 aromatic rings. The minimum atomic E-state index is -1.14. The largest absolute Gasteiger partial charge is 0.478 e. The maximum atomic E-state index is 11.3. The van der Waals surface area contributed by atoms with Crippen LogP contribution in [0.15, 0.2) is 12.2 Å². The van der Waals surface area contributed by atoms with E-state index < -0.39 is 11.9 Å². The summed E-state index contributed by atoms with van der Waals surface area (Å²) in [6, 6.07) is 0. The first-order chi connectivity index (χ1) is 7.47. The molecule has 0 heterocycles. The molecule has 90 valence electrons. The van der Waals surface area contributed by atoms with Crippen LogP contribution in [-0.4, -0.2) is 23.1 Å². The average molecular weight is 226 g/mol. The number of carbonyl (C=O) groups excluding carboxylic acids is 1. The van der Waals surface area contributed by atoms with E-state index in [1.807, 2.05) is 0 Å². The third-order valence-electron chi connectivity index (χ3n) is 2.78. The van der Waals surface area contributed by atoms with Crippen molar-refractivity contribution in [2.24, 2.45) is 11.8 Å². The fourth-order valence-electron chi connectivity index (χ4n) is 2.31. The monoisotopic (exact) mass is 226 g/mol. The van der Waals surface area contributed by atoms with Crippen LogP contribution < -0.4 is 0 Å². The molecule has 0 aliphatic heterocycles. The third kappa shape index (κ3) is 4.47. The van der Waals surface area contributed by atoms with Gasteiger partial charge < -0.3 is 9.84 Å². The van der Waals surface area contributed by atoms with Crippen LogP contribution in [0, 0.1) is 11.8 Å². The van der Waals surface area contributed by atoms with E-state index in [1.165, 1.54) is 6.42 Å². The Morgan fingerprint density at radius 2 is 1.69 bits per heavy atom. The molecule has 1 aliphatic carbocycles. The smallest absolute Gasteiger partial charge is 0.331 e. The molecular formula is C12H18O4. The summed E-state index contributed by atoms with van der Waals surface area (Å²) >= 11 is 0. The number of carboxylic acids is 1. The van der Waals surface area contributed by atoms with Crippen molar-refractivity contribution in [3.8, 4) is 0 Å². The molecule has 0 spiro atoms. The van der Waals surface area contributed by atoms with E-state index >= 15 is 0 Å². The molecule has 2 unspecified atom stereocenters. The van der Waals surface area contributed by atoms with Gasteiger partial charge >= 0.3 is 11.9 Å². The Bertz CT molecular complexity index is 285. The number of hydrogen-bond donors (Lipinski definition) is 1. The quantitative estimate of drug-likeness (QED) is 0.590. The number of ether oxygens (including phenoxy) is 1. The fourth-order valence-corrected chi connectivity index (χ4v) is 2.31. The van der Waals surface area contributed by atoms with Crippen molar-refractivity contribution < 1.29 is 19.4 Å². The van der Waals surface area contributed by atoms with Gasteiger partial charge in [-0.2, -0.15) is 0 Å². The predicted octanol–water partition coefficient (Wildman–Crippen LogP) is 2.00. The molecular weight excluding hydrogens is 208 g/mol. The first-order valence-corrected chi connectivity index (χ1v) is 5.59. The van der Waals surface area contributed by atoms with Crippen LogP contribution >= 0.6 is 0 Å². The van der Waals surface area contributed by atoms with Gasteiger partial charge in [-0.05, 0) is 31.1 Å². The van der Waals surface area contributed by atoms with E-state index in [0.717, 1.165) is 25.0 Å². The van der Waals surface area contributed by atoms with Gasteiger partial charge in [-0.15, -0.1) is 0 Å². The van der Waals surface area contributed by atoms with Gasteiger partial charge in [0.15, 0.2) is 0 Å². The Morgan fingerprint density at radius 1 is 1.12 bits per heavy atom. The van der Waals surface area contributed by atoms with E-state index in [4.69, 9.17) is 9.84 Å². The van der Waals surface area contributed by atoms with Crippen molar-refractivity contribution in [2.45, 2.75) is 39.2 Å². The van der Waals surface area contributed by atoms with Gasteiger partial charge in [-0.3, -0.25) is 0 Å². The summed E-state index contributed by atoms with van der Waals surface area (Å²) in [5, 5.41) is 8.36. The van der Waals surface area contributed by atoms with Crippen molar-refractivity contribution >= 4 is 11.9 Å². The van der Waals surface area contributed by atoms with Gasteiger partial charge in [0, 0.05) is 12.2 Å². The maximum absolute atomic E-state index is 11.3. The third-order valence-corrected chi connectivity index (χ3v) is 2.78. The van der Waals surface area contributed by atoms with E-state index in [0.29, 0.717) is 11.8 Å². The molecule has 0 aromatic carbocycles. The van der Waals surface area contributed by atoms with E-state index in [-0.39, 0.29) is 6.10 Å². The molecule has 1 aliphatic rings. The minimum absolute atomic E-state index is 0.0651. The zero-order valence-corrected chi connectivity index (χ0v) is 9.68. The maximum Gasteiger partial charge on any atom is 0.331 e. The number of rotatable bonds is 3. The van der Waals surface area contributed by atoms with E-state index in [2.05, 4.69) is 13.8 Å². The molecule has 0 radical (unpaired) electrons. The standard InChI is InChI=1S/C12H18O4/c1-8-5-9(2)7-10(6-8)16-12(15)4-3-11(13)14/h3-4,8-10H,5-7H2,1-2H3,(H,13,14)/b4-3+. The summed E-state index contributed by atoms with van der Waals surface area (Å²) in [7, 11) is 0. The first-order valence-electron chi connectivity index (χ1n) is 5.59. The van der Waals surface area contributed by atoms with Crippen molar-refractivity contribution in [1.29, 1.82) is 0 Å². The number of esters is 1. The zero-order chi connectivity index (χ0) is 12.1. The SMILES string of the molecule is CC1CC(C)CC(OC(=O)/C=C/C(=O)O)C1. The van der Waals surface area contributed by atoms with Gasteiger partial charge in [0.1, 0.15) is 6.10 Å². The Kier molecular flexibility index (Phi) is 4.52. The lowest BCUT2D eigenvalue weighted by atomic mass is 9.82. The minimum Gasteiger partial charge on any atom is -0.478 e. The highest BCUT2D eigenvalue weighted by atomic mass is 16.5. The number of carbonyl (C=O) groups is 2. The van der Waals surface area contributed by atoms with E-state index in [1.54, 1.807) is 0 Å². The lowest BCUT2D eigenvalue weighted by Gasteiger charge is -2.30. The second-order valence-corrected chi connectivity index (χ2v) is 4.65. The molecule has 16 heavy (non-hydrogen) atoms.